The van der Waals surface area contributed by atoms with Crippen molar-refractivity contribution >= 4 is 11.8 Å². The molecule has 0 atom stereocenters. The van der Waals surface area contributed by atoms with Crippen LogP contribution >= 0.6 is 0 Å². The largest absolute Gasteiger partial charge is 0.444 e. The molecule has 1 aromatic rings. The van der Waals surface area contributed by atoms with Gasteiger partial charge >= 0.3 is 6.09 Å². The van der Waals surface area contributed by atoms with E-state index in [4.69, 9.17) is 14.2 Å². The number of benzene rings is 1. The third kappa shape index (κ3) is 8.18. The van der Waals surface area contributed by atoms with Crippen LogP contribution in [0.25, 0.3) is 0 Å². The molecule has 1 fully saturated rings. The lowest BCUT2D eigenvalue weighted by Crippen LogP contribution is -2.27. The molecule has 0 bridgehead atoms. The number of hydrogen-bond donors (Lipinski definition) is 1. The predicted octanol–water partition coefficient (Wildman–Crippen LogP) is 3.02. The van der Waals surface area contributed by atoms with Gasteiger partial charge in [0.15, 0.2) is 0 Å². The first-order valence-electron chi connectivity index (χ1n) is 6.18. The fraction of sp³-hybridized carbons (Fsp3) is 0.500. The van der Waals surface area contributed by atoms with E-state index in [2.05, 4.69) is 5.32 Å². The van der Waals surface area contributed by atoms with Crippen molar-refractivity contribution in [2.24, 2.45) is 0 Å². The van der Waals surface area contributed by atoms with E-state index in [1.165, 1.54) is 0 Å². The van der Waals surface area contributed by atoms with Crippen molar-refractivity contribution in [1.29, 1.82) is 0 Å². The van der Waals surface area contributed by atoms with Gasteiger partial charge in [0.25, 0.3) is 0 Å². The summed E-state index contributed by atoms with van der Waals surface area (Å²) in [6.07, 6.45) is -0.427. The van der Waals surface area contributed by atoms with Crippen molar-refractivity contribution in [2.45, 2.75) is 26.4 Å². The number of amides is 1. The van der Waals surface area contributed by atoms with Gasteiger partial charge in [-0.25, -0.2) is 4.79 Å². The average molecular weight is 267 g/mol. The van der Waals surface area contributed by atoms with Crippen LogP contribution < -0.4 is 5.32 Å². The Kier molecular flexibility index (Phi) is 6.32. The number of para-hydroxylation sites is 1. The maximum Gasteiger partial charge on any atom is 0.412 e. The van der Waals surface area contributed by atoms with Gasteiger partial charge in [-0.2, -0.15) is 0 Å². The first-order chi connectivity index (χ1) is 8.97. The van der Waals surface area contributed by atoms with Crippen LogP contribution in [-0.2, 0) is 14.2 Å². The van der Waals surface area contributed by atoms with E-state index in [9.17, 15) is 4.79 Å². The highest BCUT2D eigenvalue weighted by molar-refractivity contribution is 5.84. The zero-order valence-corrected chi connectivity index (χ0v) is 11.6. The third-order valence-electron chi connectivity index (χ3n) is 1.96. The minimum absolute atomic E-state index is 0.427. The van der Waals surface area contributed by atoms with Crippen molar-refractivity contribution in [3.63, 3.8) is 0 Å². The van der Waals surface area contributed by atoms with E-state index in [1.54, 1.807) is 0 Å². The molecule has 5 heteroatoms. The maximum absolute atomic E-state index is 11.3. The summed E-state index contributed by atoms with van der Waals surface area (Å²) in [7, 11) is 0. The van der Waals surface area contributed by atoms with E-state index in [-0.39, 0.29) is 0 Å². The molecule has 19 heavy (non-hydrogen) atoms. The Bertz CT molecular complexity index is 361. The van der Waals surface area contributed by atoms with Gasteiger partial charge in [0.2, 0.25) is 0 Å². The Morgan fingerprint density at radius 1 is 1.16 bits per heavy atom. The number of rotatable bonds is 1. The monoisotopic (exact) mass is 267 g/mol. The number of carbonyl (C=O) groups excluding carboxylic acids is 1. The summed E-state index contributed by atoms with van der Waals surface area (Å²) >= 11 is 0. The molecule has 0 saturated carbocycles. The number of hydrogen-bond acceptors (Lipinski definition) is 4. The first-order valence-corrected chi connectivity index (χ1v) is 6.18. The number of nitrogens with one attached hydrogen (secondary N) is 1. The summed E-state index contributed by atoms with van der Waals surface area (Å²) in [5.41, 5.74) is 0.278. The Morgan fingerprint density at radius 2 is 1.74 bits per heavy atom. The van der Waals surface area contributed by atoms with E-state index in [1.807, 2.05) is 51.1 Å². The van der Waals surface area contributed by atoms with Gasteiger partial charge in [-0.1, -0.05) is 18.2 Å². The van der Waals surface area contributed by atoms with Crippen LogP contribution in [0.3, 0.4) is 0 Å². The van der Waals surface area contributed by atoms with Crippen LogP contribution in [0.15, 0.2) is 30.3 Å². The molecule has 0 aromatic heterocycles. The standard InChI is InChI=1S/C11H15NO2.C3H6O2/c1-11(2,3)14-10(13)12-9-7-5-4-6-8-9;1-2-5-3-4-1/h4-8H,1-3H3,(H,12,13);1-3H2. The van der Waals surface area contributed by atoms with Crippen molar-refractivity contribution in [3.8, 4) is 0 Å². The van der Waals surface area contributed by atoms with Crippen molar-refractivity contribution in [3.05, 3.63) is 30.3 Å². The number of carbonyl (C=O) groups is 1. The Balaban J connectivity index is 0.000000300. The highest BCUT2D eigenvalue weighted by atomic mass is 16.7. The molecule has 5 nitrogen and oxygen atoms in total. The molecule has 1 heterocycles. The molecular weight excluding hydrogens is 246 g/mol. The van der Waals surface area contributed by atoms with Crippen LogP contribution in [0.4, 0.5) is 10.5 Å². The van der Waals surface area contributed by atoms with Gasteiger partial charge in [-0.15, -0.1) is 0 Å². The zero-order valence-electron chi connectivity index (χ0n) is 11.6. The van der Waals surface area contributed by atoms with Crippen molar-refractivity contribution in [1.82, 2.24) is 0 Å². The number of ether oxygens (including phenoxy) is 3. The highest BCUT2D eigenvalue weighted by Gasteiger charge is 2.15. The van der Waals surface area contributed by atoms with Crippen LogP contribution in [0.1, 0.15) is 20.8 Å². The molecule has 0 spiro atoms. The molecule has 0 aliphatic carbocycles. The summed E-state index contributed by atoms with van der Waals surface area (Å²) in [6, 6.07) is 9.22. The molecule has 0 unspecified atom stereocenters. The smallest absolute Gasteiger partial charge is 0.412 e. The minimum Gasteiger partial charge on any atom is -0.444 e. The van der Waals surface area contributed by atoms with E-state index < -0.39 is 11.7 Å². The van der Waals surface area contributed by atoms with Crippen LogP contribution in [0.2, 0.25) is 0 Å². The predicted molar refractivity (Wildman–Crippen MR) is 73.1 cm³/mol. The molecule has 1 N–H and O–H groups in total. The molecule has 1 aromatic carbocycles. The quantitative estimate of drug-likeness (QED) is 0.849. The fourth-order valence-corrected chi connectivity index (χ4v) is 1.24. The van der Waals surface area contributed by atoms with Gasteiger partial charge in [0.05, 0.1) is 13.2 Å². The maximum atomic E-state index is 11.3. The molecule has 0 radical (unpaired) electrons. The fourth-order valence-electron chi connectivity index (χ4n) is 1.24. The van der Waals surface area contributed by atoms with Gasteiger partial charge in [-0.05, 0) is 32.9 Å². The second-order valence-electron chi connectivity index (χ2n) is 4.93. The first kappa shape index (κ1) is 15.5. The molecular formula is C14H21NO4. The molecule has 1 aliphatic rings. The third-order valence-corrected chi connectivity index (χ3v) is 1.96. The highest BCUT2D eigenvalue weighted by Crippen LogP contribution is 2.10. The molecule has 2 rings (SSSR count). The van der Waals surface area contributed by atoms with Crippen LogP contribution in [0, 0.1) is 0 Å². The zero-order chi connectivity index (χ0) is 14.1. The SMILES string of the molecule is C1COCO1.CC(C)(C)OC(=O)Nc1ccccc1. The minimum atomic E-state index is -0.459. The average Bonchev–Trinajstić information content (AvgIpc) is 2.86. The lowest BCUT2D eigenvalue weighted by atomic mass is 10.2. The van der Waals surface area contributed by atoms with Crippen LogP contribution in [-0.4, -0.2) is 31.7 Å². The lowest BCUT2D eigenvalue weighted by molar-refractivity contribution is 0.0635. The Hall–Kier alpha value is -1.59. The Morgan fingerprint density at radius 3 is 2.16 bits per heavy atom. The summed E-state index contributed by atoms with van der Waals surface area (Å²) in [6.45, 7) is 7.55. The molecule has 1 amide bonds. The summed E-state index contributed by atoms with van der Waals surface area (Å²) < 4.78 is 14.5. The molecule has 1 aliphatic heterocycles. The lowest BCUT2D eigenvalue weighted by Gasteiger charge is -2.19. The summed E-state index contributed by atoms with van der Waals surface area (Å²) in [4.78, 5) is 11.3. The van der Waals surface area contributed by atoms with E-state index in [0.717, 1.165) is 18.9 Å². The molecule has 106 valence electrons. The second kappa shape index (κ2) is 7.76. The normalized spacial score (nSPS) is 14.3. The Labute approximate surface area is 113 Å². The van der Waals surface area contributed by atoms with Gasteiger partial charge < -0.3 is 14.2 Å². The summed E-state index contributed by atoms with van der Waals surface area (Å²) in [5.74, 6) is 0. The summed E-state index contributed by atoms with van der Waals surface area (Å²) in [5, 5.41) is 2.64. The topological polar surface area (TPSA) is 56.8 Å². The van der Waals surface area contributed by atoms with E-state index >= 15 is 0 Å². The number of anilines is 1. The van der Waals surface area contributed by atoms with Crippen LogP contribution in [0.5, 0.6) is 0 Å². The van der Waals surface area contributed by atoms with Crippen molar-refractivity contribution in [2.75, 3.05) is 25.3 Å². The van der Waals surface area contributed by atoms with Crippen molar-refractivity contribution < 1.29 is 19.0 Å². The van der Waals surface area contributed by atoms with Gasteiger partial charge in [-0.3, -0.25) is 5.32 Å². The second-order valence-corrected chi connectivity index (χ2v) is 4.93. The van der Waals surface area contributed by atoms with Gasteiger partial charge in [0, 0.05) is 5.69 Å². The van der Waals surface area contributed by atoms with Gasteiger partial charge in [0.1, 0.15) is 12.4 Å². The molecule has 1 saturated heterocycles. The van der Waals surface area contributed by atoms with E-state index in [0.29, 0.717) is 6.79 Å².